The molecule has 0 saturated heterocycles. The van der Waals surface area contributed by atoms with Crippen LogP contribution in [0.4, 0.5) is 5.13 Å². The molecule has 2 aromatic rings. The summed E-state index contributed by atoms with van der Waals surface area (Å²) in [6.45, 7) is 4.10. The van der Waals surface area contributed by atoms with Gasteiger partial charge in [-0.1, -0.05) is 11.3 Å². The minimum absolute atomic E-state index is 0.0248. The smallest absolute Gasteiger partial charge is 0.261 e. The molecule has 1 aliphatic rings. The maximum absolute atomic E-state index is 12.8. The van der Waals surface area contributed by atoms with E-state index in [4.69, 9.17) is 5.73 Å². The first-order valence-corrected chi connectivity index (χ1v) is 7.76. The molecule has 0 amide bonds. The Morgan fingerprint density at radius 3 is 2.70 bits per heavy atom. The zero-order valence-corrected chi connectivity index (χ0v) is 12.5. The number of rotatable bonds is 2. The fourth-order valence-corrected chi connectivity index (χ4v) is 3.49. The van der Waals surface area contributed by atoms with Gasteiger partial charge in [-0.3, -0.25) is 4.79 Å². The molecule has 0 saturated carbocycles. The largest absolute Gasteiger partial charge is 0.374 e. The van der Waals surface area contributed by atoms with Crippen molar-refractivity contribution in [3.05, 3.63) is 27.7 Å². The third-order valence-corrected chi connectivity index (χ3v) is 4.51. The van der Waals surface area contributed by atoms with Crippen LogP contribution in [0.15, 0.2) is 10.9 Å². The number of nitrogens with zero attached hydrogens (tertiary/aromatic N) is 3. The summed E-state index contributed by atoms with van der Waals surface area (Å²) in [4.78, 5) is 12.8. The summed E-state index contributed by atoms with van der Waals surface area (Å²) in [5, 5.41) is 8.86. The van der Waals surface area contributed by atoms with Crippen molar-refractivity contribution in [2.75, 3.05) is 5.73 Å². The van der Waals surface area contributed by atoms with Crippen molar-refractivity contribution in [3.63, 3.8) is 0 Å². The fraction of sp³-hybridized carbons (Fsp3) is 0.500. The Kier molecular flexibility index (Phi) is 3.33. The Balaban J connectivity index is 2.26. The van der Waals surface area contributed by atoms with Crippen molar-refractivity contribution in [1.82, 2.24) is 14.8 Å². The Bertz CT molecular complexity index is 702. The van der Waals surface area contributed by atoms with E-state index in [0.29, 0.717) is 15.7 Å². The van der Waals surface area contributed by atoms with Gasteiger partial charge < -0.3 is 10.3 Å². The highest BCUT2D eigenvalue weighted by molar-refractivity contribution is 7.18. The lowest BCUT2D eigenvalue weighted by Gasteiger charge is -2.24. The van der Waals surface area contributed by atoms with E-state index in [2.05, 4.69) is 24.0 Å². The Morgan fingerprint density at radius 1 is 1.30 bits per heavy atom. The molecule has 2 aromatic heterocycles. The second-order valence-corrected chi connectivity index (χ2v) is 6.46. The highest BCUT2D eigenvalue weighted by Gasteiger charge is 2.21. The molecular weight excluding hydrogens is 272 g/mol. The van der Waals surface area contributed by atoms with E-state index < -0.39 is 0 Å². The Morgan fingerprint density at radius 2 is 2.05 bits per heavy atom. The first kappa shape index (κ1) is 13.3. The fourth-order valence-electron chi connectivity index (χ4n) is 2.87. The van der Waals surface area contributed by atoms with Gasteiger partial charge in [-0.15, -0.1) is 10.2 Å². The predicted molar refractivity (Wildman–Crippen MR) is 81.0 cm³/mol. The van der Waals surface area contributed by atoms with E-state index in [1.165, 1.54) is 29.0 Å². The minimum Gasteiger partial charge on any atom is -0.374 e. The molecule has 0 aromatic carbocycles. The van der Waals surface area contributed by atoms with Gasteiger partial charge in [0.25, 0.3) is 5.56 Å². The number of nitrogen functional groups attached to an aromatic ring is 1. The van der Waals surface area contributed by atoms with E-state index in [9.17, 15) is 4.79 Å². The van der Waals surface area contributed by atoms with Gasteiger partial charge in [-0.25, -0.2) is 0 Å². The van der Waals surface area contributed by atoms with E-state index in [1.807, 2.05) is 10.6 Å². The lowest BCUT2D eigenvalue weighted by atomic mass is 9.94. The van der Waals surface area contributed by atoms with Gasteiger partial charge in [-0.2, -0.15) is 0 Å². The molecule has 0 unspecified atom stereocenters. The summed E-state index contributed by atoms with van der Waals surface area (Å²) in [5.74, 6) is 0. The van der Waals surface area contributed by atoms with Gasteiger partial charge >= 0.3 is 0 Å². The number of nitrogens with two attached hydrogens (primary N) is 1. The molecule has 2 N–H and O–H groups in total. The van der Waals surface area contributed by atoms with Gasteiger partial charge in [0, 0.05) is 11.7 Å². The average molecular weight is 290 g/mol. The number of fused-ring (bicyclic) bond motifs is 1. The Labute approximate surface area is 121 Å². The molecule has 2 heterocycles. The number of aromatic nitrogens is 3. The van der Waals surface area contributed by atoms with Gasteiger partial charge in [0.2, 0.25) is 5.13 Å². The van der Waals surface area contributed by atoms with Crippen LogP contribution in [0.25, 0.3) is 10.6 Å². The molecule has 3 rings (SSSR count). The van der Waals surface area contributed by atoms with Crippen LogP contribution >= 0.6 is 11.3 Å². The number of anilines is 1. The van der Waals surface area contributed by atoms with Crippen molar-refractivity contribution in [2.24, 2.45) is 0 Å². The lowest BCUT2D eigenvalue weighted by molar-refractivity contribution is 0.520. The first-order chi connectivity index (χ1) is 9.58. The molecule has 20 heavy (non-hydrogen) atoms. The molecule has 6 heteroatoms. The van der Waals surface area contributed by atoms with Crippen molar-refractivity contribution in [2.45, 2.75) is 45.6 Å². The maximum Gasteiger partial charge on any atom is 0.261 e. The minimum atomic E-state index is 0.0248. The predicted octanol–water partition coefficient (Wildman–Crippen LogP) is 2.41. The highest BCUT2D eigenvalue weighted by Crippen LogP contribution is 2.28. The van der Waals surface area contributed by atoms with Gasteiger partial charge in [0.05, 0.1) is 5.56 Å². The van der Waals surface area contributed by atoms with Crippen LogP contribution in [0, 0.1) is 0 Å². The first-order valence-electron chi connectivity index (χ1n) is 6.94. The van der Waals surface area contributed by atoms with E-state index in [0.717, 1.165) is 19.3 Å². The molecule has 106 valence electrons. The number of hydrogen-bond acceptors (Lipinski definition) is 5. The summed E-state index contributed by atoms with van der Waals surface area (Å²) in [6, 6.07) is 2.15. The van der Waals surface area contributed by atoms with Crippen molar-refractivity contribution >= 4 is 16.5 Å². The maximum atomic E-state index is 12.8. The number of pyridine rings is 1. The van der Waals surface area contributed by atoms with Crippen molar-refractivity contribution in [1.29, 1.82) is 0 Å². The summed E-state index contributed by atoms with van der Waals surface area (Å²) < 4.78 is 1.92. The van der Waals surface area contributed by atoms with Crippen molar-refractivity contribution in [3.8, 4) is 10.6 Å². The SMILES string of the molecule is CC(C)n1c2c(cc(-c3nnc(N)s3)c1=O)CCCC2. The normalized spacial score (nSPS) is 14.6. The van der Waals surface area contributed by atoms with Crippen LogP contribution in [-0.2, 0) is 12.8 Å². The summed E-state index contributed by atoms with van der Waals surface area (Å²) >= 11 is 1.27. The number of hydrogen-bond donors (Lipinski definition) is 1. The van der Waals surface area contributed by atoms with Crippen LogP contribution in [0.2, 0.25) is 0 Å². The topological polar surface area (TPSA) is 73.8 Å². The molecule has 0 aliphatic heterocycles. The van der Waals surface area contributed by atoms with E-state index in [1.54, 1.807) is 0 Å². The second kappa shape index (κ2) is 5.01. The monoisotopic (exact) mass is 290 g/mol. The molecule has 1 aliphatic carbocycles. The van der Waals surface area contributed by atoms with E-state index in [-0.39, 0.29) is 11.6 Å². The molecular formula is C14H18N4OS. The van der Waals surface area contributed by atoms with Crippen LogP contribution < -0.4 is 11.3 Å². The standard InChI is InChI=1S/C14H18N4OS/c1-8(2)18-11-6-4-3-5-9(11)7-10(13(18)19)12-16-17-14(15)20-12/h7-8H,3-6H2,1-2H3,(H2,15,17). The number of aryl methyl sites for hydroxylation is 1. The second-order valence-electron chi connectivity index (χ2n) is 5.45. The summed E-state index contributed by atoms with van der Waals surface area (Å²) in [6.07, 6.45) is 4.36. The van der Waals surface area contributed by atoms with Crippen molar-refractivity contribution < 1.29 is 0 Å². The van der Waals surface area contributed by atoms with Gasteiger partial charge in [0.15, 0.2) is 5.01 Å². The third-order valence-electron chi connectivity index (χ3n) is 3.73. The highest BCUT2D eigenvalue weighted by atomic mass is 32.1. The molecule has 0 bridgehead atoms. The molecule has 0 atom stereocenters. The quantitative estimate of drug-likeness (QED) is 0.921. The zero-order chi connectivity index (χ0) is 14.3. The van der Waals surface area contributed by atoms with Gasteiger partial charge in [-0.05, 0) is 51.2 Å². The molecule has 0 fully saturated rings. The molecule has 0 radical (unpaired) electrons. The van der Waals surface area contributed by atoms with Crippen LogP contribution in [-0.4, -0.2) is 14.8 Å². The van der Waals surface area contributed by atoms with Gasteiger partial charge in [0.1, 0.15) is 0 Å². The molecule has 5 nitrogen and oxygen atoms in total. The zero-order valence-electron chi connectivity index (χ0n) is 11.7. The molecule has 0 spiro atoms. The summed E-state index contributed by atoms with van der Waals surface area (Å²) in [5.41, 5.74) is 8.76. The van der Waals surface area contributed by atoms with Crippen LogP contribution in [0.3, 0.4) is 0 Å². The third kappa shape index (κ3) is 2.14. The average Bonchev–Trinajstić information content (AvgIpc) is 2.84. The summed E-state index contributed by atoms with van der Waals surface area (Å²) in [7, 11) is 0. The van der Waals surface area contributed by atoms with E-state index >= 15 is 0 Å². The van der Waals surface area contributed by atoms with Crippen LogP contribution in [0.1, 0.15) is 44.0 Å². The Hall–Kier alpha value is -1.69. The lowest BCUT2D eigenvalue weighted by Crippen LogP contribution is -2.29. The van der Waals surface area contributed by atoms with Crippen LogP contribution in [0.5, 0.6) is 0 Å².